The molecule has 3 atom stereocenters. The molecule has 72 valence electrons. The molecule has 0 amide bonds. The van der Waals surface area contributed by atoms with E-state index < -0.39 is 0 Å². The van der Waals surface area contributed by atoms with Crippen LogP contribution >= 0.6 is 0 Å². The van der Waals surface area contributed by atoms with Crippen LogP contribution in [-0.2, 0) is 0 Å². The summed E-state index contributed by atoms with van der Waals surface area (Å²) >= 11 is 0. The van der Waals surface area contributed by atoms with Gasteiger partial charge in [0.1, 0.15) is 0 Å². The fourth-order valence-corrected chi connectivity index (χ4v) is 2.55. The molecule has 0 aromatic rings. The molecule has 0 aromatic heterocycles. The smallest absolute Gasteiger partial charge is 0.0739 e. The highest BCUT2D eigenvalue weighted by Crippen LogP contribution is 2.38. The second kappa shape index (κ2) is 3.28. The minimum Gasteiger partial charge on any atom is -0.391 e. The van der Waals surface area contributed by atoms with Gasteiger partial charge < -0.3 is 10.0 Å². The summed E-state index contributed by atoms with van der Waals surface area (Å²) in [5, 5.41) is 9.88. The third-order valence-corrected chi connectivity index (χ3v) is 3.11. The van der Waals surface area contributed by atoms with E-state index in [-0.39, 0.29) is 12.1 Å². The zero-order chi connectivity index (χ0) is 9.42. The lowest BCUT2D eigenvalue weighted by Gasteiger charge is -2.25. The summed E-state index contributed by atoms with van der Waals surface area (Å²) in [4.78, 5) is 2.12. The lowest BCUT2D eigenvalue weighted by molar-refractivity contribution is 0.110. The molecule has 2 nitrogen and oxygen atoms in total. The van der Waals surface area contributed by atoms with Gasteiger partial charge in [0.2, 0.25) is 0 Å². The maximum Gasteiger partial charge on any atom is 0.0739 e. The molecule has 1 N–H and O–H groups in total. The number of nitrogens with zero attached hydrogens (tertiary/aromatic N) is 1. The van der Waals surface area contributed by atoms with Crippen molar-refractivity contribution in [2.45, 2.75) is 25.0 Å². The number of hydrogen-bond donors (Lipinski definition) is 1. The molecule has 1 saturated carbocycles. The first-order valence-electron chi connectivity index (χ1n) is 4.91. The van der Waals surface area contributed by atoms with Crippen LogP contribution in [0.1, 0.15) is 12.8 Å². The first kappa shape index (κ1) is 8.97. The van der Waals surface area contributed by atoms with Gasteiger partial charge in [-0.05, 0) is 38.4 Å². The van der Waals surface area contributed by atoms with Gasteiger partial charge in [-0.1, -0.05) is 18.2 Å². The van der Waals surface area contributed by atoms with Crippen LogP contribution in [0.5, 0.6) is 0 Å². The zero-order valence-corrected chi connectivity index (χ0v) is 8.27. The average Bonchev–Trinajstić information content (AvgIpc) is 2.39. The molecule has 1 fully saturated rings. The third-order valence-electron chi connectivity index (χ3n) is 3.11. The Kier molecular flexibility index (Phi) is 2.26. The van der Waals surface area contributed by atoms with Gasteiger partial charge in [0.05, 0.1) is 12.1 Å². The molecular weight excluding hydrogens is 162 g/mol. The van der Waals surface area contributed by atoms with Crippen molar-refractivity contribution in [1.82, 2.24) is 4.90 Å². The fourth-order valence-electron chi connectivity index (χ4n) is 2.55. The number of aliphatic hydroxyl groups excluding tert-OH is 1. The predicted octanol–water partition coefficient (Wildman–Crippen LogP) is 1.18. The maximum absolute atomic E-state index is 9.88. The largest absolute Gasteiger partial charge is 0.391 e. The molecule has 2 aliphatic carbocycles. The Labute approximate surface area is 79.6 Å². The highest BCUT2D eigenvalue weighted by atomic mass is 16.3. The van der Waals surface area contributed by atoms with Gasteiger partial charge in [0.15, 0.2) is 0 Å². The molecule has 0 bridgehead atoms. The maximum atomic E-state index is 9.88. The van der Waals surface area contributed by atoms with Crippen molar-refractivity contribution < 1.29 is 5.11 Å². The molecule has 0 heterocycles. The monoisotopic (exact) mass is 179 g/mol. The van der Waals surface area contributed by atoms with Crippen LogP contribution in [0.4, 0.5) is 0 Å². The Morgan fingerprint density at radius 1 is 1.46 bits per heavy atom. The van der Waals surface area contributed by atoms with E-state index in [1.807, 2.05) is 14.1 Å². The van der Waals surface area contributed by atoms with Crippen LogP contribution in [0.15, 0.2) is 23.8 Å². The molecule has 2 aliphatic rings. The molecule has 0 saturated heterocycles. The van der Waals surface area contributed by atoms with Crippen LogP contribution < -0.4 is 0 Å². The number of rotatable bonds is 1. The van der Waals surface area contributed by atoms with Crippen LogP contribution in [0.25, 0.3) is 0 Å². The summed E-state index contributed by atoms with van der Waals surface area (Å²) in [5.41, 5.74) is 1.42. The summed E-state index contributed by atoms with van der Waals surface area (Å²) in [5.74, 6) is 0.590. The Morgan fingerprint density at radius 2 is 2.23 bits per heavy atom. The summed E-state index contributed by atoms with van der Waals surface area (Å²) in [6, 6.07) is 0.245. The molecule has 2 heteroatoms. The van der Waals surface area contributed by atoms with E-state index in [4.69, 9.17) is 0 Å². The van der Waals surface area contributed by atoms with Gasteiger partial charge >= 0.3 is 0 Å². The summed E-state index contributed by atoms with van der Waals surface area (Å²) in [6.07, 6.45) is 8.34. The molecule has 1 unspecified atom stereocenters. The number of likely N-dealkylation sites (N-methyl/N-ethyl adjacent to an activating group) is 1. The lowest BCUT2D eigenvalue weighted by Crippen LogP contribution is -2.36. The molecule has 13 heavy (non-hydrogen) atoms. The molecule has 0 aliphatic heterocycles. The highest BCUT2D eigenvalue weighted by molar-refractivity contribution is 5.30. The van der Waals surface area contributed by atoms with E-state index in [0.717, 1.165) is 12.8 Å². The van der Waals surface area contributed by atoms with Crippen LogP contribution in [0, 0.1) is 5.92 Å². The van der Waals surface area contributed by atoms with E-state index in [0.29, 0.717) is 5.92 Å². The Hall–Kier alpha value is -0.600. The molecule has 0 spiro atoms. The standard InChI is InChI=1S/C11H17NO/c1-12(2)11-9-6-4-3-5-8(9)7-10(11)13/h3-4,6,8,10-11,13H,5,7H2,1-2H3/t8?,10-,11+/m1/s1. The van der Waals surface area contributed by atoms with Gasteiger partial charge in [-0.3, -0.25) is 0 Å². The van der Waals surface area contributed by atoms with Crippen molar-refractivity contribution in [2.24, 2.45) is 5.92 Å². The summed E-state index contributed by atoms with van der Waals surface area (Å²) < 4.78 is 0. The highest BCUT2D eigenvalue weighted by Gasteiger charge is 2.38. The predicted molar refractivity (Wildman–Crippen MR) is 53.4 cm³/mol. The molecule has 0 aromatic carbocycles. The Morgan fingerprint density at radius 3 is 2.92 bits per heavy atom. The second-order valence-corrected chi connectivity index (χ2v) is 4.24. The summed E-state index contributed by atoms with van der Waals surface area (Å²) in [6.45, 7) is 0. The van der Waals surface area contributed by atoms with Crippen LogP contribution in [-0.4, -0.2) is 36.2 Å². The van der Waals surface area contributed by atoms with E-state index in [1.54, 1.807) is 0 Å². The normalized spacial score (nSPS) is 37.8. The topological polar surface area (TPSA) is 23.5 Å². The summed E-state index contributed by atoms with van der Waals surface area (Å²) in [7, 11) is 4.07. The van der Waals surface area contributed by atoms with Gasteiger partial charge in [0, 0.05) is 0 Å². The Balaban J connectivity index is 2.25. The van der Waals surface area contributed by atoms with Gasteiger partial charge in [-0.25, -0.2) is 0 Å². The van der Waals surface area contributed by atoms with Gasteiger partial charge in [-0.2, -0.15) is 0 Å². The average molecular weight is 179 g/mol. The number of allylic oxidation sites excluding steroid dienone is 3. The molecule has 0 radical (unpaired) electrons. The van der Waals surface area contributed by atoms with E-state index in [2.05, 4.69) is 23.1 Å². The third kappa shape index (κ3) is 1.45. The number of hydrogen-bond acceptors (Lipinski definition) is 2. The van der Waals surface area contributed by atoms with Crippen molar-refractivity contribution in [1.29, 1.82) is 0 Å². The number of aliphatic hydroxyl groups is 1. The quantitative estimate of drug-likeness (QED) is 0.653. The van der Waals surface area contributed by atoms with Crippen molar-refractivity contribution in [3.8, 4) is 0 Å². The first-order chi connectivity index (χ1) is 6.20. The van der Waals surface area contributed by atoms with Crippen molar-refractivity contribution >= 4 is 0 Å². The van der Waals surface area contributed by atoms with Crippen LogP contribution in [0.2, 0.25) is 0 Å². The van der Waals surface area contributed by atoms with E-state index >= 15 is 0 Å². The molecule has 2 rings (SSSR count). The lowest BCUT2D eigenvalue weighted by atomic mass is 9.93. The fraction of sp³-hybridized carbons (Fsp3) is 0.636. The van der Waals surface area contributed by atoms with Crippen molar-refractivity contribution in [3.63, 3.8) is 0 Å². The van der Waals surface area contributed by atoms with Crippen molar-refractivity contribution in [2.75, 3.05) is 14.1 Å². The molecular formula is C11H17NO. The second-order valence-electron chi connectivity index (χ2n) is 4.24. The minimum atomic E-state index is -0.175. The minimum absolute atomic E-state index is 0.175. The van der Waals surface area contributed by atoms with E-state index in [9.17, 15) is 5.11 Å². The van der Waals surface area contributed by atoms with Crippen molar-refractivity contribution in [3.05, 3.63) is 23.8 Å². The van der Waals surface area contributed by atoms with E-state index in [1.165, 1.54) is 5.57 Å². The van der Waals surface area contributed by atoms with Crippen LogP contribution in [0.3, 0.4) is 0 Å². The number of fused-ring (bicyclic) bond motifs is 1. The van der Waals surface area contributed by atoms with Gasteiger partial charge in [-0.15, -0.1) is 0 Å². The van der Waals surface area contributed by atoms with Gasteiger partial charge in [0.25, 0.3) is 0 Å². The Bertz CT molecular complexity index is 255. The SMILES string of the molecule is CN(C)[C@H]1C2=CC=CCC2C[C@H]1O. The zero-order valence-electron chi connectivity index (χ0n) is 8.27. The first-order valence-corrected chi connectivity index (χ1v) is 4.91.